The van der Waals surface area contributed by atoms with E-state index in [0.29, 0.717) is 17.7 Å². The van der Waals surface area contributed by atoms with Gasteiger partial charge in [-0.05, 0) is 40.8 Å². The molecule has 0 saturated heterocycles. The molecule has 22 heavy (non-hydrogen) atoms. The smallest absolute Gasteiger partial charge is 0.315 e. The summed E-state index contributed by atoms with van der Waals surface area (Å²) in [6, 6.07) is 4.80. The first kappa shape index (κ1) is 13.2. The standard InChI is InChI=1S/C14H15FN6O/c1-21-19-11(18-20-21)6-16-14(22)17-13-10-5-7-4-8(15)2-3-9(7)12(10)13/h2-4,10,12-13H,5-6H2,1H3,(H2,16,17,22). The van der Waals surface area contributed by atoms with Crippen molar-refractivity contribution in [2.45, 2.75) is 24.9 Å². The number of carbonyl (C=O) groups excluding carboxylic acids is 1. The van der Waals surface area contributed by atoms with Crippen LogP contribution in [0.3, 0.4) is 0 Å². The van der Waals surface area contributed by atoms with Gasteiger partial charge in [0, 0.05) is 12.0 Å². The molecule has 1 saturated carbocycles. The Morgan fingerprint density at radius 1 is 1.50 bits per heavy atom. The number of benzene rings is 1. The Balaban J connectivity index is 1.32. The van der Waals surface area contributed by atoms with Crippen LogP contribution in [0.15, 0.2) is 18.2 Å². The van der Waals surface area contributed by atoms with E-state index in [1.165, 1.54) is 10.9 Å². The Labute approximate surface area is 125 Å². The van der Waals surface area contributed by atoms with Crippen LogP contribution in [0, 0.1) is 11.7 Å². The molecule has 7 nitrogen and oxygen atoms in total. The zero-order chi connectivity index (χ0) is 15.3. The topological polar surface area (TPSA) is 84.7 Å². The van der Waals surface area contributed by atoms with E-state index >= 15 is 0 Å². The number of hydrogen-bond donors (Lipinski definition) is 2. The van der Waals surface area contributed by atoms with Gasteiger partial charge in [0.05, 0.1) is 13.6 Å². The highest BCUT2D eigenvalue weighted by Crippen LogP contribution is 2.56. The second-order valence-corrected chi connectivity index (χ2v) is 5.78. The summed E-state index contributed by atoms with van der Waals surface area (Å²) in [6.45, 7) is 0.240. The second-order valence-electron chi connectivity index (χ2n) is 5.78. The molecule has 0 radical (unpaired) electrons. The van der Waals surface area contributed by atoms with E-state index in [9.17, 15) is 9.18 Å². The van der Waals surface area contributed by atoms with Crippen LogP contribution in [0.25, 0.3) is 0 Å². The molecule has 8 heteroatoms. The Hall–Kier alpha value is -2.51. The van der Waals surface area contributed by atoms with Crippen molar-refractivity contribution < 1.29 is 9.18 Å². The number of aryl methyl sites for hydroxylation is 1. The molecule has 3 atom stereocenters. The van der Waals surface area contributed by atoms with E-state index in [2.05, 4.69) is 26.0 Å². The molecule has 0 bridgehead atoms. The molecule has 3 unspecified atom stereocenters. The van der Waals surface area contributed by atoms with Crippen LogP contribution in [-0.2, 0) is 20.0 Å². The number of fused-ring (bicyclic) bond motifs is 3. The van der Waals surface area contributed by atoms with Crippen molar-refractivity contribution in [2.75, 3.05) is 0 Å². The third-order valence-electron chi connectivity index (χ3n) is 4.34. The molecule has 0 aliphatic heterocycles. The minimum atomic E-state index is -0.240. The molecule has 1 aromatic carbocycles. The van der Waals surface area contributed by atoms with E-state index in [1.54, 1.807) is 13.1 Å². The maximum atomic E-state index is 13.2. The van der Waals surface area contributed by atoms with Crippen molar-refractivity contribution in [1.82, 2.24) is 30.8 Å². The first-order valence-corrected chi connectivity index (χ1v) is 7.17. The van der Waals surface area contributed by atoms with Gasteiger partial charge in [-0.25, -0.2) is 9.18 Å². The zero-order valence-electron chi connectivity index (χ0n) is 12.0. The molecule has 0 spiro atoms. The first-order chi connectivity index (χ1) is 10.6. The Morgan fingerprint density at radius 3 is 3.14 bits per heavy atom. The number of urea groups is 1. The molecule has 114 valence electrons. The van der Waals surface area contributed by atoms with Crippen LogP contribution >= 0.6 is 0 Å². The summed E-state index contributed by atoms with van der Waals surface area (Å²) in [7, 11) is 1.67. The SMILES string of the molecule is Cn1nnc(CNC(=O)NC2C3Cc4cc(F)ccc4C32)n1. The van der Waals surface area contributed by atoms with Gasteiger partial charge in [0.2, 0.25) is 0 Å². The van der Waals surface area contributed by atoms with Crippen LogP contribution in [0.4, 0.5) is 9.18 Å². The number of carbonyl (C=O) groups is 1. The summed E-state index contributed by atoms with van der Waals surface area (Å²) in [4.78, 5) is 13.2. The Morgan fingerprint density at radius 2 is 2.36 bits per heavy atom. The maximum Gasteiger partial charge on any atom is 0.315 e. The van der Waals surface area contributed by atoms with Gasteiger partial charge >= 0.3 is 6.03 Å². The summed E-state index contributed by atoms with van der Waals surface area (Å²) in [5.74, 6) is 0.974. The number of aromatic nitrogens is 4. The van der Waals surface area contributed by atoms with Crippen molar-refractivity contribution in [3.05, 3.63) is 41.0 Å². The minimum Gasteiger partial charge on any atom is -0.334 e. The van der Waals surface area contributed by atoms with Gasteiger partial charge in [0.1, 0.15) is 5.82 Å². The number of hydrogen-bond acceptors (Lipinski definition) is 4. The maximum absolute atomic E-state index is 13.2. The van der Waals surface area contributed by atoms with Crippen molar-refractivity contribution in [3.63, 3.8) is 0 Å². The highest BCUT2D eigenvalue weighted by molar-refractivity contribution is 5.75. The second kappa shape index (κ2) is 4.75. The van der Waals surface area contributed by atoms with Gasteiger partial charge < -0.3 is 10.6 Å². The van der Waals surface area contributed by atoms with Crippen LogP contribution in [0.2, 0.25) is 0 Å². The monoisotopic (exact) mass is 302 g/mol. The highest BCUT2D eigenvalue weighted by atomic mass is 19.1. The summed E-state index contributed by atoms with van der Waals surface area (Å²) in [6.07, 6.45) is 0.828. The van der Waals surface area contributed by atoms with Gasteiger partial charge in [0.15, 0.2) is 5.82 Å². The lowest BCUT2D eigenvalue weighted by Crippen LogP contribution is -2.38. The molecule has 2 N–H and O–H groups in total. The quantitative estimate of drug-likeness (QED) is 0.864. The van der Waals surface area contributed by atoms with E-state index in [4.69, 9.17) is 0 Å². The van der Waals surface area contributed by atoms with Crippen molar-refractivity contribution >= 4 is 6.03 Å². The lowest BCUT2D eigenvalue weighted by Gasteiger charge is -2.10. The summed E-state index contributed by atoms with van der Waals surface area (Å²) >= 11 is 0. The molecular weight excluding hydrogens is 287 g/mol. The van der Waals surface area contributed by atoms with E-state index in [1.807, 2.05) is 6.07 Å². The van der Waals surface area contributed by atoms with Crippen LogP contribution in [0.5, 0.6) is 0 Å². The van der Waals surface area contributed by atoms with Gasteiger partial charge in [-0.1, -0.05) is 6.07 Å². The zero-order valence-corrected chi connectivity index (χ0v) is 12.0. The molecule has 2 aliphatic carbocycles. The number of halogens is 1. The molecule has 1 aromatic heterocycles. The number of rotatable bonds is 3. The Bertz CT molecular complexity index is 745. The molecule has 1 heterocycles. The van der Waals surface area contributed by atoms with E-state index in [-0.39, 0.29) is 24.4 Å². The predicted molar refractivity (Wildman–Crippen MR) is 74.3 cm³/mol. The minimum absolute atomic E-state index is 0.132. The third kappa shape index (κ3) is 2.20. The van der Waals surface area contributed by atoms with Crippen LogP contribution in [-0.4, -0.2) is 32.3 Å². The fourth-order valence-electron chi connectivity index (χ4n) is 3.33. The predicted octanol–water partition coefficient (Wildman–Crippen LogP) is 0.487. The van der Waals surface area contributed by atoms with Gasteiger partial charge in [-0.2, -0.15) is 4.80 Å². The number of nitrogens with one attached hydrogen (secondary N) is 2. The number of amides is 2. The van der Waals surface area contributed by atoms with Crippen molar-refractivity contribution in [1.29, 1.82) is 0 Å². The van der Waals surface area contributed by atoms with Crippen molar-refractivity contribution in [3.8, 4) is 0 Å². The van der Waals surface area contributed by atoms with Crippen LogP contribution < -0.4 is 10.6 Å². The lowest BCUT2D eigenvalue weighted by molar-refractivity contribution is 0.239. The number of nitrogens with zero attached hydrogens (tertiary/aromatic N) is 4. The van der Waals surface area contributed by atoms with Gasteiger partial charge in [-0.3, -0.25) is 0 Å². The Kier molecular flexibility index (Phi) is 2.85. The summed E-state index contributed by atoms with van der Waals surface area (Å²) in [5.41, 5.74) is 2.23. The normalized spacial score (nSPS) is 24.5. The van der Waals surface area contributed by atoms with Crippen molar-refractivity contribution in [2.24, 2.45) is 13.0 Å². The summed E-state index contributed by atoms with van der Waals surface area (Å²) in [5, 5.41) is 17.2. The first-order valence-electron chi connectivity index (χ1n) is 7.17. The van der Waals surface area contributed by atoms with E-state index in [0.717, 1.165) is 17.5 Å². The molecular formula is C14H15FN6O. The summed E-state index contributed by atoms with van der Waals surface area (Å²) < 4.78 is 13.2. The highest BCUT2D eigenvalue weighted by Gasteiger charge is 2.56. The fraction of sp³-hybridized carbons (Fsp3) is 0.429. The largest absolute Gasteiger partial charge is 0.334 e. The average molecular weight is 302 g/mol. The lowest BCUT2D eigenvalue weighted by atomic mass is 10.0. The molecule has 4 rings (SSSR count). The van der Waals surface area contributed by atoms with Crippen LogP contribution in [0.1, 0.15) is 22.9 Å². The molecule has 2 aromatic rings. The van der Waals surface area contributed by atoms with E-state index < -0.39 is 0 Å². The fourth-order valence-corrected chi connectivity index (χ4v) is 3.33. The molecule has 1 fully saturated rings. The average Bonchev–Trinajstić information content (AvgIpc) is 2.85. The molecule has 2 aliphatic rings. The number of tetrazole rings is 1. The van der Waals surface area contributed by atoms with Gasteiger partial charge in [-0.15, -0.1) is 10.2 Å². The van der Waals surface area contributed by atoms with Gasteiger partial charge in [0.25, 0.3) is 0 Å². The third-order valence-corrected chi connectivity index (χ3v) is 4.34. The molecule has 2 amide bonds.